The Bertz CT molecular complexity index is 360. The molecule has 1 aromatic carbocycles. The first-order chi connectivity index (χ1) is 6.49. The summed E-state index contributed by atoms with van der Waals surface area (Å²) in [6, 6.07) is 5.40. The molecule has 3 heteroatoms. The van der Waals surface area contributed by atoms with Gasteiger partial charge in [-0.2, -0.15) is 0 Å². The Morgan fingerprint density at radius 3 is 2.00 bits per heavy atom. The lowest BCUT2D eigenvalue weighted by molar-refractivity contribution is -0.146. The lowest BCUT2D eigenvalue weighted by Crippen LogP contribution is -2.16. The number of esters is 1. The summed E-state index contributed by atoms with van der Waals surface area (Å²) in [6.07, 6.45) is 0. The Morgan fingerprint density at radius 1 is 1.07 bits per heavy atom. The molecule has 0 aliphatic carbocycles. The molecule has 0 amide bonds. The van der Waals surface area contributed by atoms with E-state index in [0.29, 0.717) is 5.75 Å². The molecule has 0 aromatic heterocycles. The second-order valence-corrected chi connectivity index (χ2v) is 3.27. The lowest BCUT2D eigenvalue weighted by atomic mass is 10.1. The van der Waals surface area contributed by atoms with Crippen molar-refractivity contribution in [1.82, 2.24) is 0 Å². The van der Waals surface area contributed by atoms with Crippen LogP contribution in [0.15, 0.2) is 18.2 Å². The van der Waals surface area contributed by atoms with E-state index in [9.17, 15) is 9.59 Å². The number of ether oxygens (including phenoxy) is 1. The van der Waals surface area contributed by atoms with E-state index in [4.69, 9.17) is 4.74 Å². The van der Waals surface area contributed by atoms with Crippen LogP contribution in [0.5, 0.6) is 5.75 Å². The zero-order valence-electron chi connectivity index (χ0n) is 8.46. The molecule has 0 bridgehead atoms. The van der Waals surface area contributed by atoms with Crippen LogP contribution < -0.4 is 4.74 Å². The fourth-order valence-electron chi connectivity index (χ4n) is 1.17. The molecule has 0 radical (unpaired) electrons. The molecular weight excluding hydrogens is 180 g/mol. The SMILES string of the molecule is CC(=O)C(=O)Oc1cc(C)cc(C)c1. The van der Waals surface area contributed by atoms with E-state index in [2.05, 4.69) is 0 Å². The fraction of sp³-hybridized carbons (Fsp3) is 0.273. The highest BCUT2D eigenvalue weighted by atomic mass is 16.5. The van der Waals surface area contributed by atoms with Crippen LogP contribution in [0.1, 0.15) is 18.1 Å². The Kier molecular flexibility index (Phi) is 3.02. The fourth-order valence-corrected chi connectivity index (χ4v) is 1.17. The molecule has 0 fully saturated rings. The summed E-state index contributed by atoms with van der Waals surface area (Å²) in [5.41, 5.74) is 1.99. The predicted octanol–water partition coefficient (Wildman–Crippen LogP) is 1.80. The van der Waals surface area contributed by atoms with Crippen LogP contribution in [0.3, 0.4) is 0 Å². The Hall–Kier alpha value is -1.64. The second-order valence-electron chi connectivity index (χ2n) is 3.27. The van der Waals surface area contributed by atoms with Crippen LogP contribution in [0.2, 0.25) is 0 Å². The Morgan fingerprint density at radius 2 is 1.57 bits per heavy atom. The largest absolute Gasteiger partial charge is 0.421 e. The van der Waals surface area contributed by atoms with E-state index < -0.39 is 11.8 Å². The molecule has 0 aliphatic heterocycles. The van der Waals surface area contributed by atoms with Crippen molar-refractivity contribution < 1.29 is 14.3 Å². The number of carbonyl (C=O) groups excluding carboxylic acids is 2. The van der Waals surface area contributed by atoms with Gasteiger partial charge >= 0.3 is 5.97 Å². The van der Waals surface area contributed by atoms with Crippen LogP contribution in [-0.4, -0.2) is 11.8 Å². The predicted molar refractivity (Wildman–Crippen MR) is 52.2 cm³/mol. The highest BCUT2D eigenvalue weighted by Gasteiger charge is 2.10. The highest BCUT2D eigenvalue weighted by Crippen LogP contribution is 2.16. The molecule has 1 rings (SSSR count). The van der Waals surface area contributed by atoms with Crippen molar-refractivity contribution >= 4 is 11.8 Å². The molecule has 0 aliphatic rings. The van der Waals surface area contributed by atoms with Crippen LogP contribution >= 0.6 is 0 Å². The van der Waals surface area contributed by atoms with Crippen molar-refractivity contribution in [2.75, 3.05) is 0 Å². The minimum absolute atomic E-state index is 0.419. The summed E-state index contributed by atoms with van der Waals surface area (Å²) in [4.78, 5) is 21.6. The van der Waals surface area contributed by atoms with Crippen LogP contribution in [0.25, 0.3) is 0 Å². The normalized spacial score (nSPS) is 9.64. The summed E-state index contributed by atoms with van der Waals surface area (Å²) in [6.45, 7) is 4.99. The van der Waals surface area contributed by atoms with E-state index >= 15 is 0 Å². The van der Waals surface area contributed by atoms with Gasteiger partial charge < -0.3 is 4.74 Å². The van der Waals surface area contributed by atoms with Crippen molar-refractivity contribution in [3.63, 3.8) is 0 Å². The Balaban J connectivity index is 2.87. The number of rotatable bonds is 2. The third-order valence-corrected chi connectivity index (χ3v) is 1.69. The van der Waals surface area contributed by atoms with Crippen LogP contribution in [0.4, 0.5) is 0 Å². The zero-order valence-corrected chi connectivity index (χ0v) is 8.46. The zero-order chi connectivity index (χ0) is 10.7. The monoisotopic (exact) mass is 192 g/mol. The maximum Gasteiger partial charge on any atom is 0.379 e. The summed E-state index contributed by atoms with van der Waals surface area (Å²) >= 11 is 0. The molecular formula is C11H12O3. The quantitative estimate of drug-likeness (QED) is 0.407. The van der Waals surface area contributed by atoms with Gasteiger partial charge in [0.1, 0.15) is 5.75 Å². The molecule has 3 nitrogen and oxygen atoms in total. The minimum atomic E-state index is -0.824. The summed E-state index contributed by atoms with van der Waals surface area (Å²) in [5, 5.41) is 0. The van der Waals surface area contributed by atoms with Gasteiger partial charge in [0.25, 0.3) is 0 Å². The highest BCUT2D eigenvalue weighted by molar-refractivity contribution is 6.33. The maximum atomic E-state index is 11.0. The number of aryl methyl sites for hydroxylation is 2. The third-order valence-electron chi connectivity index (χ3n) is 1.69. The standard InChI is InChI=1S/C11H12O3/c1-7-4-8(2)6-10(5-7)14-11(13)9(3)12/h4-6H,1-3H3. The molecule has 0 saturated carbocycles. The molecule has 0 spiro atoms. The first-order valence-corrected chi connectivity index (χ1v) is 4.30. The average Bonchev–Trinajstić information content (AvgIpc) is 2.01. The third kappa shape index (κ3) is 2.69. The van der Waals surface area contributed by atoms with Crippen molar-refractivity contribution in [3.05, 3.63) is 29.3 Å². The Labute approximate surface area is 82.7 Å². The summed E-state index contributed by atoms with van der Waals surface area (Å²) in [5.74, 6) is -0.998. The van der Waals surface area contributed by atoms with Gasteiger partial charge in [-0.3, -0.25) is 4.79 Å². The number of ketones is 1. The molecule has 0 unspecified atom stereocenters. The van der Waals surface area contributed by atoms with E-state index in [0.717, 1.165) is 11.1 Å². The molecule has 14 heavy (non-hydrogen) atoms. The number of Topliss-reactive ketones (excluding diaryl/α,β-unsaturated/α-hetero) is 1. The van der Waals surface area contributed by atoms with Gasteiger partial charge in [0, 0.05) is 6.92 Å². The van der Waals surface area contributed by atoms with Gasteiger partial charge in [-0.1, -0.05) is 6.07 Å². The van der Waals surface area contributed by atoms with Crippen LogP contribution in [-0.2, 0) is 9.59 Å². The average molecular weight is 192 g/mol. The van der Waals surface area contributed by atoms with Gasteiger partial charge in [0.15, 0.2) is 0 Å². The van der Waals surface area contributed by atoms with Gasteiger partial charge in [-0.15, -0.1) is 0 Å². The molecule has 1 aromatic rings. The number of hydrogen-bond acceptors (Lipinski definition) is 3. The van der Waals surface area contributed by atoms with E-state index in [1.54, 1.807) is 12.1 Å². The summed E-state index contributed by atoms with van der Waals surface area (Å²) < 4.78 is 4.85. The molecule has 74 valence electrons. The smallest absolute Gasteiger partial charge is 0.379 e. The van der Waals surface area contributed by atoms with E-state index in [-0.39, 0.29) is 0 Å². The minimum Gasteiger partial charge on any atom is -0.421 e. The molecule has 0 atom stereocenters. The van der Waals surface area contributed by atoms with Gasteiger partial charge in [0.05, 0.1) is 0 Å². The van der Waals surface area contributed by atoms with Crippen molar-refractivity contribution in [2.24, 2.45) is 0 Å². The van der Waals surface area contributed by atoms with Crippen molar-refractivity contribution in [1.29, 1.82) is 0 Å². The van der Waals surface area contributed by atoms with E-state index in [1.807, 2.05) is 19.9 Å². The van der Waals surface area contributed by atoms with Crippen molar-refractivity contribution in [3.8, 4) is 5.75 Å². The second kappa shape index (κ2) is 4.05. The van der Waals surface area contributed by atoms with Gasteiger partial charge in [-0.25, -0.2) is 4.79 Å². The number of hydrogen-bond donors (Lipinski definition) is 0. The van der Waals surface area contributed by atoms with E-state index in [1.165, 1.54) is 6.92 Å². The number of benzene rings is 1. The summed E-state index contributed by atoms with van der Waals surface area (Å²) in [7, 11) is 0. The molecule has 0 N–H and O–H groups in total. The van der Waals surface area contributed by atoms with Gasteiger partial charge in [0.2, 0.25) is 5.78 Å². The number of carbonyl (C=O) groups is 2. The lowest BCUT2D eigenvalue weighted by Gasteiger charge is -2.04. The molecule has 0 saturated heterocycles. The first kappa shape index (κ1) is 10.4. The molecule has 0 heterocycles. The van der Waals surface area contributed by atoms with Gasteiger partial charge in [-0.05, 0) is 37.1 Å². The first-order valence-electron chi connectivity index (χ1n) is 4.30. The van der Waals surface area contributed by atoms with Crippen molar-refractivity contribution in [2.45, 2.75) is 20.8 Å². The van der Waals surface area contributed by atoms with Crippen LogP contribution in [0, 0.1) is 13.8 Å². The maximum absolute atomic E-state index is 11.0. The topological polar surface area (TPSA) is 43.4 Å².